The first-order chi connectivity index (χ1) is 11.8. The highest BCUT2D eigenvalue weighted by atomic mass is 32.1. The highest BCUT2D eigenvalue weighted by Gasteiger charge is 2.28. The maximum Gasteiger partial charge on any atom is 0.422 e. The number of anilines is 1. The third-order valence-electron chi connectivity index (χ3n) is 3.02. The van der Waals surface area contributed by atoms with E-state index in [2.05, 4.69) is 15.3 Å². The van der Waals surface area contributed by atoms with Gasteiger partial charge in [0.15, 0.2) is 11.7 Å². The Kier molecular flexibility index (Phi) is 4.91. The topological polar surface area (TPSA) is 64.1 Å². The normalized spacial score (nSPS) is 11.7. The minimum Gasteiger partial charge on any atom is -0.484 e. The molecule has 132 valence electrons. The lowest BCUT2D eigenvalue weighted by Crippen LogP contribution is -2.19. The first-order valence-electron chi connectivity index (χ1n) is 7.09. The zero-order valence-corrected chi connectivity index (χ0v) is 14.5. The number of fused-ring (bicyclic) bond motifs is 1. The molecule has 0 saturated heterocycles. The average molecular weight is 387 g/mol. The largest absolute Gasteiger partial charge is 0.484 e. The third kappa shape index (κ3) is 4.89. The van der Waals surface area contributed by atoms with Gasteiger partial charge in [0.05, 0.1) is 27.3 Å². The number of halogens is 3. The van der Waals surface area contributed by atoms with E-state index in [0.29, 0.717) is 21.0 Å². The van der Waals surface area contributed by atoms with Crippen LogP contribution >= 0.6 is 22.7 Å². The standard InChI is InChI=1S/C15H12F3N3O2S2/c1-8-19-9(6-24-8)4-13(22)21-14-20-11-3-2-10(5-12(11)25-14)23-7-15(16,17)18/h2-3,5-6H,4,7H2,1H3,(H,20,21,22). The van der Waals surface area contributed by atoms with Crippen molar-refractivity contribution in [2.75, 3.05) is 11.9 Å². The predicted molar refractivity (Wildman–Crippen MR) is 90.4 cm³/mol. The SMILES string of the molecule is Cc1nc(CC(=O)Nc2nc3ccc(OCC(F)(F)F)cc3s2)cs1. The summed E-state index contributed by atoms with van der Waals surface area (Å²) in [5.74, 6) is -0.151. The van der Waals surface area contributed by atoms with Gasteiger partial charge in [-0.25, -0.2) is 9.97 Å². The molecule has 0 saturated carbocycles. The molecule has 2 heterocycles. The smallest absolute Gasteiger partial charge is 0.422 e. The Labute approximate surface area is 148 Å². The second-order valence-corrected chi connectivity index (χ2v) is 7.23. The second kappa shape index (κ2) is 6.96. The van der Waals surface area contributed by atoms with Gasteiger partial charge in [0.25, 0.3) is 0 Å². The molecule has 0 aliphatic carbocycles. The first kappa shape index (κ1) is 17.6. The fraction of sp³-hybridized carbons (Fsp3) is 0.267. The Morgan fingerprint density at radius 1 is 1.32 bits per heavy atom. The molecule has 0 bridgehead atoms. The lowest BCUT2D eigenvalue weighted by Gasteiger charge is -2.08. The van der Waals surface area contributed by atoms with Crippen molar-refractivity contribution in [2.45, 2.75) is 19.5 Å². The van der Waals surface area contributed by atoms with Crippen LogP contribution in [0.15, 0.2) is 23.6 Å². The number of thiazole rings is 2. The van der Waals surface area contributed by atoms with Crippen LogP contribution < -0.4 is 10.1 Å². The molecule has 5 nitrogen and oxygen atoms in total. The maximum atomic E-state index is 12.2. The number of hydrogen-bond acceptors (Lipinski definition) is 6. The number of ether oxygens (including phenoxy) is 1. The molecule has 2 aromatic heterocycles. The molecule has 0 atom stereocenters. The lowest BCUT2D eigenvalue weighted by molar-refractivity contribution is -0.153. The van der Waals surface area contributed by atoms with Crippen LogP contribution in [0.4, 0.5) is 18.3 Å². The summed E-state index contributed by atoms with van der Waals surface area (Å²) in [4.78, 5) is 20.5. The van der Waals surface area contributed by atoms with E-state index in [1.807, 2.05) is 12.3 Å². The second-order valence-electron chi connectivity index (χ2n) is 5.14. The van der Waals surface area contributed by atoms with Crippen LogP contribution in [-0.4, -0.2) is 28.7 Å². The summed E-state index contributed by atoms with van der Waals surface area (Å²) < 4.78 is 41.9. The van der Waals surface area contributed by atoms with Crippen molar-refractivity contribution in [3.63, 3.8) is 0 Å². The molecule has 0 unspecified atom stereocenters. The number of amides is 1. The molecular weight excluding hydrogens is 375 g/mol. The molecule has 0 aliphatic heterocycles. The molecule has 1 aromatic carbocycles. The number of aryl methyl sites for hydroxylation is 1. The Hall–Kier alpha value is -2.20. The van der Waals surface area contributed by atoms with E-state index in [4.69, 9.17) is 4.74 Å². The third-order valence-corrected chi connectivity index (χ3v) is 4.77. The predicted octanol–water partition coefficient (Wildman–Crippen LogP) is 4.18. The van der Waals surface area contributed by atoms with E-state index in [1.165, 1.54) is 34.8 Å². The number of carbonyl (C=O) groups excluding carboxylic acids is 1. The van der Waals surface area contributed by atoms with Crippen molar-refractivity contribution in [2.24, 2.45) is 0 Å². The van der Waals surface area contributed by atoms with Crippen LogP contribution in [0.25, 0.3) is 10.2 Å². The zero-order valence-electron chi connectivity index (χ0n) is 12.9. The summed E-state index contributed by atoms with van der Waals surface area (Å²) in [7, 11) is 0. The zero-order chi connectivity index (χ0) is 18.0. The van der Waals surface area contributed by atoms with Gasteiger partial charge in [-0.3, -0.25) is 4.79 Å². The quantitative estimate of drug-likeness (QED) is 0.713. The van der Waals surface area contributed by atoms with Gasteiger partial charge in [0, 0.05) is 5.38 Å². The minimum absolute atomic E-state index is 0.101. The summed E-state index contributed by atoms with van der Waals surface area (Å²) in [5.41, 5.74) is 1.26. The van der Waals surface area contributed by atoms with Crippen molar-refractivity contribution < 1.29 is 22.7 Å². The molecule has 25 heavy (non-hydrogen) atoms. The molecule has 3 rings (SSSR count). The van der Waals surface area contributed by atoms with E-state index < -0.39 is 12.8 Å². The van der Waals surface area contributed by atoms with Crippen LogP contribution in [0.3, 0.4) is 0 Å². The molecule has 0 spiro atoms. The Balaban J connectivity index is 1.67. The van der Waals surface area contributed by atoms with Gasteiger partial charge in [0.2, 0.25) is 5.91 Å². The number of rotatable bonds is 5. The number of benzene rings is 1. The van der Waals surface area contributed by atoms with Crippen LogP contribution in [0.2, 0.25) is 0 Å². The summed E-state index contributed by atoms with van der Waals surface area (Å²) in [6, 6.07) is 4.44. The van der Waals surface area contributed by atoms with E-state index >= 15 is 0 Å². The number of nitrogens with one attached hydrogen (secondary N) is 1. The first-order valence-corrected chi connectivity index (χ1v) is 8.79. The minimum atomic E-state index is -4.39. The van der Waals surface area contributed by atoms with Crippen molar-refractivity contribution in [3.05, 3.63) is 34.3 Å². The van der Waals surface area contributed by atoms with Gasteiger partial charge in [0.1, 0.15) is 5.75 Å². The van der Waals surface area contributed by atoms with Gasteiger partial charge in [-0.15, -0.1) is 11.3 Å². The van der Waals surface area contributed by atoms with E-state index in [-0.39, 0.29) is 18.1 Å². The summed E-state index contributed by atoms with van der Waals surface area (Å²) in [5, 5.41) is 5.75. The Morgan fingerprint density at radius 2 is 2.12 bits per heavy atom. The molecule has 10 heteroatoms. The summed E-state index contributed by atoms with van der Waals surface area (Å²) >= 11 is 2.63. The Bertz CT molecular complexity index is 905. The molecule has 0 aliphatic rings. The number of carbonyl (C=O) groups is 1. The van der Waals surface area contributed by atoms with Crippen LogP contribution in [0.1, 0.15) is 10.7 Å². The van der Waals surface area contributed by atoms with E-state index in [0.717, 1.165) is 5.01 Å². The maximum absolute atomic E-state index is 12.2. The monoisotopic (exact) mass is 387 g/mol. The summed E-state index contributed by atoms with van der Waals surface area (Å²) in [6.07, 6.45) is -4.25. The van der Waals surface area contributed by atoms with Gasteiger partial charge in [-0.2, -0.15) is 13.2 Å². The summed E-state index contributed by atoms with van der Waals surface area (Å²) in [6.45, 7) is 0.506. The fourth-order valence-electron chi connectivity index (χ4n) is 2.03. The van der Waals surface area contributed by atoms with E-state index in [9.17, 15) is 18.0 Å². The van der Waals surface area contributed by atoms with Crippen molar-refractivity contribution in [1.82, 2.24) is 9.97 Å². The van der Waals surface area contributed by atoms with Gasteiger partial charge in [-0.1, -0.05) is 11.3 Å². The van der Waals surface area contributed by atoms with Gasteiger partial charge >= 0.3 is 6.18 Å². The highest BCUT2D eigenvalue weighted by molar-refractivity contribution is 7.22. The molecule has 1 N–H and O–H groups in total. The number of nitrogens with zero attached hydrogens (tertiary/aromatic N) is 2. The van der Waals surface area contributed by atoms with Crippen molar-refractivity contribution in [3.8, 4) is 5.75 Å². The number of alkyl halides is 3. The van der Waals surface area contributed by atoms with Crippen LogP contribution in [-0.2, 0) is 11.2 Å². The molecule has 0 fully saturated rings. The van der Waals surface area contributed by atoms with Crippen LogP contribution in [0, 0.1) is 6.92 Å². The molecule has 0 radical (unpaired) electrons. The Morgan fingerprint density at radius 3 is 2.80 bits per heavy atom. The van der Waals surface area contributed by atoms with Crippen molar-refractivity contribution in [1.29, 1.82) is 0 Å². The highest BCUT2D eigenvalue weighted by Crippen LogP contribution is 2.30. The van der Waals surface area contributed by atoms with Crippen LogP contribution in [0.5, 0.6) is 5.75 Å². The number of aromatic nitrogens is 2. The van der Waals surface area contributed by atoms with Gasteiger partial charge < -0.3 is 10.1 Å². The molecule has 1 amide bonds. The molecular formula is C15H12F3N3O2S2. The van der Waals surface area contributed by atoms with E-state index in [1.54, 1.807) is 6.07 Å². The molecule has 3 aromatic rings. The number of hydrogen-bond donors (Lipinski definition) is 1. The van der Waals surface area contributed by atoms with Crippen molar-refractivity contribution >= 4 is 43.9 Å². The lowest BCUT2D eigenvalue weighted by atomic mass is 10.3. The fourth-order valence-corrected chi connectivity index (χ4v) is 3.55. The van der Waals surface area contributed by atoms with Gasteiger partial charge in [-0.05, 0) is 25.1 Å². The average Bonchev–Trinajstić information content (AvgIpc) is 3.09.